The molecule has 2 aromatic rings. The van der Waals surface area contributed by atoms with Gasteiger partial charge in [-0.05, 0) is 57.9 Å². The molecule has 2 aliphatic heterocycles. The summed E-state index contributed by atoms with van der Waals surface area (Å²) >= 11 is 0. The molecule has 0 unspecified atom stereocenters. The monoisotopic (exact) mass is 544 g/mol. The number of nitrogen functional groups attached to an aromatic ring is 1. The van der Waals surface area contributed by atoms with E-state index in [1.807, 2.05) is 13.8 Å². The van der Waals surface area contributed by atoms with Crippen LogP contribution in [0.4, 0.5) is 4.79 Å². The molecule has 0 spiro atoms. The summed E-state index contributed by atoms with van der Waals surface area (Å²) in [6.07, 6.45) is 0.568. The van der Waals surface area contributed by atoms with Gasteiger partial charge in [0.15, 0.2) is 23.0 Å². The lowest BCUT2D eigenvalue weighted by Crippen LogP contribution is -2.44. The van der Waals surface area contributed by atoms with Gasteiger partial charge in [-0.25, -0.2) is 16.1 Å². The lowest BCUT2D eigenvalue weighted by atomic mass is 10.0. The van der Waals surface area contributed by atoms with Crippen LogP contribution in [-0.2, 0) is 17.6 Å². The van der Waals surface area contributed by atoms with Crippen molar-refractivity contribution in [2.45, 2.75) is 53.1 Å². The van der Waals surface area contributed by atoms with Crippen molar-refractivity contribution in [3.8, 4) is 23.0 Å². The minimum Gasteiger partial charge on any atom is -0.486 e. The molecule has 3 amide bonds. The van der Waals surface area contributed by atoms with Crippen LogP contribution in [0.1, 0.15) is 66.5 Å². The number of amides is 3. The van der Waals surface area contributed by atoms with E-state index in [0.29, 0.717) is 73.4 Å². The number of carbonyl (C=O) groups is 3. The van der Waals surface area contributed by atoms with E-state index in [1.165, 1.54) is 0 Å². The van der Waals surface area contributed by atoms with Crippen LogP contribution in [0.3, 0.4) is 0 Å². The highest BCUT2D eigenvalue weighted by Crippen LogP contribution is 2.37. The second-order valence-electron chi connectivity index (χ2n) is 9.49. The Labute approximate surface area is 227 Å². The first-order valence-electron chi connectivity index (χ1n) is 12.7. The van der Waals surface area contributed by atoms with Crippen molar-refractivity contribution in [1.29, 1.82) is 0 Å². The number of carbonyl (C=O) groups excluding carboxylic acids is 3. The summed E-state index contributed by atoms with van der Waals surface area (Å²) in [6.45, 7) is 11.1. The SMILES string of the molecule is CCc1c(C(=O)NN)ccc2c1OCCO2.CCc1c(C(=O)NNC(=O)OC(C)(C)C)ccc2c1OCCO2. The van der Waals surface area contributed by atoms with Crippen LogP contribution >= 0.6 is 0 Å². The normalized spacial score (nSPS) is 13.3. The van der Waals surface area contributed by atoms with E-state index in [4.69, 9.17) is 29.5 Å². The van der Waals surface area contributed by atoms with Gasteiger partial charge in [-0.3, -0.25) is 20.4 Å². The van der Waals surface area contributed by atoms with Gasteiger partial charge in [0.05, 0.1) is 0 Å². The van der Waals surface area contributed by atoms with Crippen LogP contribution in [0.2, 0.25) is 0 Å². The zero-order chi connectivity index (χ0) is 28.6. The highest BCUT2D eigenvalue weighted by Gasteiger charge is 2.23. The number of fused-ring (bicyclic) bond motifs is 2. The van der Waals surface area contributed by atoms with E-state index in [2.05, 4.69) is 16.3 Å². The molecule has 2 heterocycles. The summed E-state index contributed by atoms with van der Waals surface area (Å²) in [5.41, 5.74) is 8.60. The molecule has 2 aliphatic rings. The molecule has 0 radical (unpaired) electrons. The summed E-state index contributed by atoms with van der Waals surface area (Å²) < 4.78 is 27.2. The van der Waals surface area contributed by atoms with E-state index in [9.17, 15) is 14.4 Å². The average Bonchev–Trinajstić information content (AvgIpc) is 2.93. The predicted octanol–water partition coefficient (Wildman–Crippen LogP) is 2.81. The standard InChI is InChI=1S/C16H22N2O5.C11H14N2O3/c1-5-10-11(6-7-12-13(10)22-9-8-21-12)14(19)17-18-15(20)23-16(2,3)4;1-2-7-8(11(14)13-12)3-4-9-10(7)16-6-5-15-9/h6-7H,5,8-9H2,1-4H3,(H,17,19)(H,18,20);3-4H,2,5-6,12H2,1H3,(H,13,14). The molecule has 0 saturated carbocycles. The minimum atomic E-state index is -0.721. The quantitative estimate of drug-likeness (QED) is 0.258. The molecule has 12 nitrogen and oxygen atoms in total. The molecule has 0 bridgehead atoms. The number of benzene rings is 2. The topological polar surface area (TPSA) is 159 Å². The molecular formula is C27H36N4O8. The lowest BCUT2D eigenvalue weighted by Gasteiger charge is -2.23. The zero-order valence-corrected chi connectivity index (χ0v) is 22.9. The highest BCUT2D eigenvalue weighted by atomic mass is 16.6. The Morgan fingerprint density at radius 3 is 1.67 bits per heavy atom. The third-order valence-electron chi connectivity index (χ3n) is 5.63. The smallest absolute Gasteiger partial charge is 0.426 e. The number of hydrazine groups is 2. The Bertz CT molecular complexity index is 1210. The molecule has 0 saturated heterocycles. The third-order valence-corrected chi connectivity index (χ3v) is 5.63. The van der Waals surface area contributed by atoms with E-state index in [1.54, 1.807) is 45.0 Å². The van der Waals surface area contributed by atoms with Crippen molar-refractivity contribution in [2.24, 2.45) is 5.84 Å². The maximum absolute atomic E-state index is 12.3. The maximum atomic E-state index is 12.3. The lowest BCUT2D eigenvalue weighted by molar-refractivity contribution is 0.0483. The van der Waals surface area contributed by atoms with Crippen molar-refractivity contribution in [3.05, 3.63) is 46.5 Å². The van der Waals surface area contributed by atoms with Crippen molar-refractivity contribution in [1.82, 2.24) is 16.3 Å². The maximum Gasteiger partial charge on any atom is 0.426 e. The van der Waals surface area contributed by atoms with Gasteiger partial charge in [-0.15, -0.1) is 0 Å². The Balaban J connectivity index is 0.000000230. The van der Waals surface area contributed by atoms with Crippen molar-refractivity contribution in [3.63, 3.8) is 0 Å². The molecule has 4 rings (SSSR count). The van der Waals surface area contributed by atoms with Crippen LogP contribution in [0.25, 0.3) is 0 Å². The van der Waals surface area contributed by atoms with E-state index in [0.717, 1.165) is 11.1 Å². The molecule has 212 valence electrons. The molecule has 5 N–H and O–H groups in total. The molecule has 0 aromatic heterocycles. The number of ether oxygens (including phenoxy) is 5. The van der Waals surface area contributed by atoms with Gasteiger partial charge in [0, 0.05) is 22.3 Å². The van der Waals surface area contributed by atoms with Crippen LogP contribution in [0.5, 0.6) is 23.0 Å². The second kappa shape index (κ2) is 13.1. The molecule has 12 heteroatoms. The average molecular weight is 545 g/mol. The third kappa shape index (κ3) is 7.44. The fourth-order valence-corrected chi connectivity index (χ4v) is 4.03. The number of hydrogen-bond acceptors (Lipinski definition) is 9. The largest absolute Gasteiger partial charge is 0.486 e. The second-order valence-corrected chi connectivity index (χ2v) is 9.49. The number of nitrogens with one attached hydrogen (secondary N) is 3. The first-order chi connectivity index (χ1) is 18.6. The Morgan fingerprint density at radius 2 is 1.23 bits per heavy atom. The Kier molecular flexibility index (Phi) is 9.83. The van der Waals surface area contributed by atoms with Gasteiger partial charge in [0.2, 0.25) is 0 Å². The highest BCUT2D eigenvalue weighted by molar-refractivity contribution is 5.97. The van der Waals surface area contributed by atoms with Gasteiger partial charge in [-0.2, -0.15) is 0 Å². The summed E-state index contributed by atoms with van der Waals surface area (Å²) in [5, 5.41) is 0. The number of rotatable bonds is 4. The Morgan fingerprint density at radius 1 is 0.769 bits per heavy atom. The minimum absolute atomic E-state index is 0.311. The van der Waals surface area contributed by atoms with Crippen LogP contribution in [0, 0.1) is 0 Å². The van der Waals surface area contributed by atoms with Crippen LogP contribution in [-0.4, -0.2) is 49.9 Å². The molecule has 0 atom stereocenters. The fraction of sp³-hybridized carbons (Fsp3) is 0.444. The number of nitrogens with two attached hydrogens (primary N) is 1. The summed E-state index contributed by atoms with van der Waals surface area (Å²) in [4.78, 5) is 35.4. The van der Waals surface area contributed by atoms with E-state index < -0.39 is 17.6 Å². The van der Waals surface area contributed by atoms with Gasteiger partial charge in [0.1, 0.15) is 32.0 Å². The van der Waals surface area contributed by atoms with Gasteiger partial charge in [0.25, 0.3) is 11.8 Å². The molecule has 0 fully saturated rings. The first kappa shape index (κ1) is 29.4. The Hall–Kier alpha value is -4.19. The van der Waals surface area contributed by atoms with Crippen molar-refractivity contribution < 1.29 is 38.1 Å². The molecule has 0 aliphatic carbocycles. The van der Waals surface area contributed by atoms with Gasteiger partial charge >= 0.3 is 6.09 Å². The van der Waals surface area contributed by atoms with Crippen molar-refractivity contribution in [2.75, 3.05) is 26.4 Å². The predicted molar refractivity (Wildman–Crippen MR) is 142 cm³/mol. The van der Waals surface area contributed by atoms with E-state index in [-0.39, 0.29) is 5.91 Å². The molecule has 39 heavy (non-hydrogen) atoms. The molecule has 2 aromatic carbocycles. The van der Waals surface area contributed by atoms with Crippen LogP contribution < -0.4 is 41.1 Å². The van der Waals surface area contributed by atoms with Gasteiger partial charge < -0.3 is 23.7 Å². The summed E-state index contributed by atoms with van der Waals surface area (Å²) in [6, 6.07) is 6.78. The molecular weight excluding hydrogens is 508 g/mol. The number of hydrogen-bond donors (Lipinski definition) is 4. The first-order valence-corrected chi connectivity index (χ1v) is 12.7. The van der Waals surface area contributed by atoms with Gasteiger partial charge in [-0.1, -0.05) is 13.8 Å². The van der Waals surface area contributed by atoms with Crippen LogP contribution in [0.15, 0.2) is 24.3 Å². The van der Waals surface area contributed by atoms with Crippen molar-refractivity contribution >= 4 is 17.9 Å². The fourth-order valence-electron chi connectivity index (χ4n) is 4.03. The summed E-state index contributed by atoms with van der Waals surface area (Å²) in [7, 11) is 0. The zero-order valence-electron chi connectivity index (χ0n) is 22.9. The summed E-state index contributed by atoms with van der Waals surface area (Å²) in [5.74, 6) is 6.95. The van der Waals surface area contributed by atoms with E-state index >= 15 is 0 Å².